The largest absolute Gasteiger partial charge is 0.350 e. The Morgan fingerprint density at radius 2 is 1.61 bits per heavy atom. The van der Waals surface area contributed by atoms with Crippen molar-refractivity contribution in [2.45, 2.75) is 6.42 Å². The molecular weight excluding hydrogens is 352 g/mol. The lowest BCUT2D eigenvalue weighted by atomic mass is 10.1. The van der Waals surface area contributed by atoms with Gasteiger partial charge in [-0.3, -0.25) is 9.59 Å². The fraction of sp³-hybridized carbons (Fsp3) is 0.0909. The summed E-state index contributed by atoms with van der Waals surface area (Å²) in [5.41, 5.74) is 2.36. The molecule has 6 nitrogen and oxygen atoms in total. The summed E-state index contributed by atoms with van der Waals surface area (Å²) in [5.74, 6) is -0.786. The van der Waals surface area contributed by atoms with Crippen molar-refractivity contribution in [2.24, 2.45) is 0 Å². The highest BCUT2D eigenvalue weighted by atomic mass is 16.2. The van der Waals surface area contributed by atoms with Crippen molar-refractivity contribution < 1.29 is 9.59 Å². The van der Waals surface area contributed by atoms with Crippen LogP contribution < -0.4 is 10.6 Å². The summed E-state index contributed by atoms with van der Waals surface area (Å²) < 4.78 is 0. The maximum atomic E-state index is 12.4. The molecule has 0 bridgehead atoms. The molecule has 0 unspecified atom stereocenters. The summed E-state index contributed by atoms with van der Waals surface area (Å²) in [6, 6.07) is 23.1. The van der Waals surface area contributed by atoms with E-state index in [4.69, 9.17) is 5.26 Å². The highest BCUT2D eigenvalue weighted by molar-refractivity contribution is 6.03. The molecule has 138 valence electrons. The van der Waals surface area contributed by atoms with Gasteiger partial charge in [-0.25, -0.2) is 4.98 Å². The summed E-state index contributed by atoms with van der Waals surface area (Å²) in [6.45, 7) is 0.474. The average molecular weight is 370 g/mol. The van der Waals surface area contributed by atoms with Gasteiger partial charge in [-0.1, -0.05) is 42.5 Å². The third kappa shape index (κ3) is 5.02. The van der Waals surface area contributed by atoms with Crippen molar-refractivity contribution in [3.63, 3.8) is 0 Å². The van der Waals surface area contributed by atoms with Gasteiger partial charge < -0.3 is 10.6 Å². The standard InChI is InChI=1S/C22H18N4O2/c23-15-17-8-4-9-18(14-17)25-22(28)20-11-5-10-19(26-20)21(27)24-13-12-16-6-2-1-3-7-16/h1-11,14H,12-13H2,(H,24,27)(H,25,28). The zero-order valence-electron chi connectivity index (χ0n) is 15.1. The minimum atomic E-state index is -0.450. The molecule has 1 aromatic heterocycles. The van der Waals surface area contributed by atoms with Crippen molar-refractivity contribution in [1.29, 1.82) is 5.26 Å². The molecule has 2 amide bonds. The number of anilines is 1. The molecule has 0 fully saturated rings. The third-order valence-electron chi connectivity index (χ3n) is 4.01. The van der Waals surface area contributed by atoms with Crippen LogP contribution in [0.2, 0.25) is 0 Å². The summed E-state index contributed by atoms with van der Waals surface area (Å²) in [4.78, 5) is 28.9. The number of carbonyl (C=O) groups excluding carboxylic acids is 2. The number of nitrogens with one attached hydrogen (secondary N) is 2. The zero-order valence-corrected chi connectivity index (χ0v) is 15.1. The average Bonchev–Trinajstić information content (AvgIpc) is 2.74. The monoisotopic (exact) mass is 370 g/mol. The number of pyridine rings is 1. The van der Waals surface area contributed by atoms with Crippen LogP contribution in [0.3, 0.4) is 0 Å². The Bertz CT molecular complexity index is 1030. The molecule has 2 aromatic carbocycles. The number of hydrogen-bond donors (Lipinski definition) is 2. The molecule has 0 atom stereocenters. The summed E-state index contributed by atoms with van der Waals surface area (Å²) in [5, 5.41) is 14.4. The van der Waals surface area contributed by atoms with E-state index < -0.39 is 5.91 Å². The number of benzene rings is 2. The van der Waals surface area contributed by atoms with Crippen molar-refractivity contribution in [2.75, 3.05) is 11.9 Å². The molecule has 0 saturated heterocycles. The number of hydrogen-bond acceptors (Lipinski definition) is 4. The van der Waals surface area contributed by atoms with Crippen LogP contribution in [0.4, 0.5) is 5.69 Å². The van der Waals surface area contributed by atoms with Crippen LogP contribution in [0.15, 0.2) is 72.8 Å². The van der Waals surface area contributed by atoms with Gasteiger partial charge in [0, 0.05) is 12.2 Å². The first-order valence-electron chi connectivity index (χ1n) is 8.76. The van der Waals surface area contributed by atoms with Gasteiger partial charge >= 0.3 is 0 Å². The first-order valence-corrected chi connectivity index (χ1v) is 8.76. The summed E-state index contributed by atoms with van der Waals surface area (Å²) in [7, 11) is 0. The molecule has 3 aromatic rings. The summed E-state index contributed by atoms with van der Waals surface area (Å²) in [6.07, 6.45) is 0.710. The number of rotatable bonds is 6. The Labute approximate surface area is 162 Å². The van der Waals surface area contributed by atoms with E-state index in [-0.39, 0.29) is 17.3 Å². The van der Waals surface area contributed by atoms with Crippen molar-refractivity contribution in [3.8, 4) is 6.07 Å². The second-order valence-electron chi connectivity index (χ2n) is 6.05. The smallest absolute Gasteiger partial charge is 0.274 e. The van der Waals surface area contributed by atoms with E-state index >= 15 is 0 Å². The van der Waals surface area contributed by atoms with E-state index in [1.54, 1.807) is 36.4 Å². The van der Waals surface area contributed by atoms with Crippen LogP contribution in [-0.4, -0.2) is 23.3 Å². The molecule has 6 heteroatoms. The zero-order chi connectivity index (χ0) is 19.8. The predicted molar refractivity (Wildman–Crippen MR) is 106 cm³/mol. The molecule has 2 N–H and O–H groups in total. The first kappa shape index (κ1) is 18.8. The van der Waals surface area contributed by atoms with E-state index in [1.807, 2.05) is 36.4 Å². The first-order chi connectivity index (χ1) is 13.7. The van der Waals surface area contributed by atoms with Gasteiger partial charge in [-0.15, -0.1) is 0 Å². The van der Waals surface area contributed by atoms with Gasteiger partial charge in [0.2, 0.25) is 0 Å². The van der Waals surface area contributed by atoms with Crippen LogP contribution in [0.5, 0.6) is 0 Å². The molecule has 0 aliphatic rings. The topological polar surface area (TPSA) is 94.9 Å². The maximum Gasteiger partial charge on any atom is 0.274 e. The Kier molecular flexibility index (Phi) is 6.11. The minimum absolute atomic E-state index is 0.123. The Hall–Kier alpha value is -3.98. The molecule has 0 saturated carbocycles. The molecule has 0 spiro atoms. The van der Waals surface area contributed by atoms with E-state index in [1.165, 1.54) is 6.07 Å². The van der Waals surface area contributed by atoms with Crippen LogP contribution in [0.25, 0.3) is 0 Å². The molecule has 28 heavy (non-hydrogen) atoms. The van der Waals surface area contributed by atoms with E-state index in [9.17, 15) is 9.59 Å². The normalized spacial score (nSPS) is 9.96. The lowest BCUT2D eigenvalue weighted by Crippen LogP contribution is -2.27. The molecule has 1 heterocycles. The lowest BCUT2D eigenvalue weighted by Gasteiger charge is -2.08. The number of nitriles is 1. The van der Waals surface area contributed by atoms with Gasteiger partial charge in [0.05, 0.1) is 11.6 Å². The number of carbonyl (C=O) groups is 2. The van der Waals surface area contributed by atoms with Crippen molar-refractivity contribution in [1.82, 2.24) is 10.3 Å². The van der Waals surface area contributed by atoms with Gasteiger partial charge in [0.25, 0.3) is 11.8 Å². The minimum Gasteiger partial charge on any atom is -0.350 e. The van der Waals surface area contributed by atoms with Crippen LogP contribution in [-0.2, 0) is 6.42 Å². The Morgan fingerprint density at radius 3 is 2.36 bits per heavy atom. The highest BCUT2D eigenvalue weighted by Gasteiger charge is 2.12. The van der Waals surface area contributed by atoms with Gasteiger partial charge in [-0.05, 0) is 42.3 Å². The SMILES string of the molecule is N#Cc1cccc(NC(=O)c2cccc(C(=O)NCCc3ccccc3)n2)c1. The third-order valence-corrected chi connectivity index (χ3v) is 4.01. The van der Waals surface area contributed by atoms with Crippen LogP contribution >= 0.6 is 0 Å². The molecule has 0 radical (unpaired) electrons. The molecule has 3 rings (SSSR count). The van der Waals surface area contributed by atoms with E-state index in [0.29, 0.717) is 24.2 Å². The number of amides is 2. The van der Waals surface area contributed by atoms with E-state index in [2.05, 4.69) is 15.6 Å². The van der Waals surface area contributed by atoms with Gasteiger partial charge in [0.1, 0.15) is 11.4 Å². The predicted octanol–water partition coefficient (Wildman–Crippen LogP) is 3.18. The summed E-state index contributed by atoms with van der Waals surface area (Å²) >= 11 is 0. The molecule has 0 aliphatic heterocycles. The molecule has 0 aliphatic carbocycles. The fourth-order valence-corrected chi connectivity index (χ4v) is 2.60. The van der Waals surface area contributed by atoms with Crippen LogP contribution in [0.1, 0.15) is 32.1 Å². The number of nitrogens with zero attached hydrogens (tertiary/aromatic N) is 2. The fourth-order valence-electron chi connectivity index (χ4n) is 2.60. The van der Waals surface area contributed by atoms with Crippen molar-refractivity contribution in [3.05, 3.63) is 95.3 Å². The second-order valence-corrected chi connectivity index (χ2v) is 6.05. The quantitative estimate of drug-likeness (QED) is 0.697. The molecular formula is C22H18N4O2. The van der Waals surface area contributed by atoms with Crippen molar-refractivity contribution >= 4 is 17.5 Å². The lowest BCUT2D eigenvalue weighted by molar-refractivity contribution is 0.0949. The second kappa shape index (κ2) is 9.10. The van der Waals surface area contributed by atoms with Gasteiger partial charge in [0.15, 0.2) is 0 Å². The number of aromatic nitrogens is 1. The Balaban J connectivity index is 1.61. The van der Waals surface area contributed by atoms with Crippen LogP contribution in [0, 0.1) is 11.3 Å². The van der Waals surface area contributed by atoms with E-state index in [0.717, 1.165) is 5.56 Å². The Morgan fingerprint density at radius 1 is 0.893 bits per heavy atom. The maximum absolute atomic E-state index is 12.4. The van der Waals surface area contributed by atoms with Gasteiger partial charge in [-0.2, -0.15) is 5.26 Å². The highest BCUT2D eigenvalue weighted by Crippen LogP contribution is 2.11.